The zero-order valence-corrected chi connectivity index (χ0v) is 24.5. The summed E-state index contributed by atoms with van der Waals surface area (Å²) >= 11 is 0. The summed E-state index contributed by atoms with van der Waals surface area (Å²) < 4.78 is 1.58. The number of aromatic nitrogens is 2. The molecule has 0 atom stereocenters. The van der Waals surface area contributed by atoms with Gasteiger partial charge < -0.3 is 31.9 Å². The van der Waals surface area contributed by atoms with Gasteiger partial charge in [0.1, 0.15) is 5.82 Å². The van der Waals surface area contributed by atoms with E-state index in [-0.39, 0.29) is 18.0 Å². The van der Waals surface area contributed by atoms with Crippen LogP contribution in [0.3, 0.4) is 0 Å². The standard InChI is InChI=1S/C29H43N7O2.CH3NO/c1-28(2,31)26(37)35-18-16-34(17-19-35)25-9-13-36(27(38)32-25)24-7-5-22(6-8-24)4-3-12-33-14-10-29(11-15-33)20-23(30)21-29;2-1-3/h5-9,13,23H,3-4,10-12,14-21,30-31H2,1-2H3;1H,(H2,2,3). The summed E-state index contributed by atoms with van der Waals surface area (Å²) in [4.78, 5) is 44.6. The van der Waals surface area contributed by atoms with Crippen LogP contribution in [0.15, 0.2) is 41.3 Å². The molecule has 41 heavy (non-hydrogen) atoms. The van der Waals surface area contributed by atoms with Crippen molar-refractivity contribution in [2.45, 2.75) is 64.0 Å². The van der Waals surface area contributed by atoms with Gasteiger partial charge in [-0.2, -0.15) is 4.98 Å². The average Bonchev–Trinajstić information content (AvgIpc) is 2.93. The van der Waals surface area contributed by atoms with Crippen LogP contribution in [0.5, 0.6) is 0 Å². The highest BCUT2D eigenvalue weighted by Crippen LogP contribution is 2.48. The Bertz CT molecular complexity index is 1220. The second-order valence-corrected chi connectivity index (χ2v) is 12.4. The Kier molecular flexibility index (Phi) is 9.83. The number of rotatable bonds is 7. The summed E-state index contributed by atoms with van der Waals surface area (Å²) in [7, 11) is 0. The first-order valence-electron chi connectivity index (χ1n) is 14.7. The van der Waals surface area contributed by atoms with Gasteiger partial charge in [-0.25, -0.2) is 4.79 Å². The maximum atomic E-state index is 12.8. The molecule has 224 valence electrons. The number of hydrogen-bond donors (Lipinski definition) is 3. The van der Waals surface area contributed by atoms with Crippen molar-refractivity contribution in [2.24, 2.45) is 22.6 Å². The van der Waals surface area contributed by atoms with Gasteiger partial charge in [0.2, 0.25) is 12.3 Å². The molecule has 6 N–H and O–H groups in total. The molecular weight excluding hydrogens is 520 g/mol. The molecule has 5 rings (SSSR count). The van der Waals surface area contributed by atoms with Gasteiger partial charge in [-0.1, -0.05) is 12.1 Å². The predicted molar refractivity (Wildman–Crippen MR) is 161 cm³/mol. The van der Waals surface area contributed by atoms with Crippen LogP contribution in [0.1, 0.15) is 51.5 Å². The number of benzene rings is 1. The molecule has 1 aromatic heterocycles. The Morgan fingerprint density at radius 3 is 2.20 bits per heavy atom. The first kappa shape index (κ1) is 30.7. The lowest BCUT2D eigenvalue weighted by atomic mass is 9.61. The highest BCUT2D eigenvalue weighted by molar-refractivity contribution is 5.85. The van der Waals surface area contributed by atoms with Gasteiger partial charge in [-0.3, -0.25) is 14.2 Å². The lowest BCUT2D eigenvalue weighted by Crippen LogP contribution is -2.57. The maximum Gasteiger partial charge on any atom is 0.354 e. The highest BCUT2D eigenvalue weighted by atomic mass is 16.2. The van der Waals surface area contributed by atoms with Crippen molar-refractivity contribution >= 4 is 18.1 Å². The zero-order valence-electron chi connectivity index (χ0n) is 24.5. The molecule has 2 aliphatic heterocycles. The molecule has 2 amide bonds. The summed E-state index contributed by atoms with van der Waals surface area (Å²) in [6.07, 6.45) is 9.28. The van der Waals surface area contributed by atoms with E-state index in [9.17, 15) is 9.59 Å². The van der Waals surface area contributed by atoms with E-state index in [1.807, 2.05) is 23.1 Å². The summed E-state index contributed by atoms with van der Waals surface area (Å²) in [5.74, 6) is 0.591. The van der Waals surface area contributed by atoms with E-state index in [4.69, 9.17) is 16.3 Å². The number of primary amides is 1. The van der Waals surface area contributed by atoms with Crippen LogP contribution < -0.4 is 27.8 Å². The summed E-state index contributed by atoms with van der Waals surface area (Å²) in [6, 6.07) is 10.6. The Morgan fingerprint density at radius 1 is 1.05 bits per heavy atom. The Morgan fingerprint density at radius 2 is 1.66 bits per heavy atom. The molecule has 1 spiro atoms. The second kappa shape index (κ2) is 13.1. The van der Waals surface area contributed by atoms with Crippen molar-refractivity contribution in [3.05, 3.63) is 52.6 Å². The van der Waals surface area contributed by atoms with E-state index >= 15 is 0 Å². The lowest BCUT2D eigenvalue weighted by molar-refractivity contribution is -0.136. The molecule has 11 nitrogen and oxygen atoms in total. The van der Waals surface area contributed by atoms with E-state index in [0.717, 1.165) is 25.1 Å². The fourth-order valence-electron chi connectivity index (χ4n) is 6.35. The van der Waals surface area contributed by atoms with Crippen molar-refractivity contribution in [3.63, 3.8) is 0 Å². The second-order valence-electron chi connectivity index (χ2n) is 12.4. The number of nitrogens with two attached hydrogens (primary N) is 3. The minimum atomic E-state index is -0.877. The molecule has 0 unspecified atom stereocenters. The van der Waals surface area contributed by atoms with Crippen LogP contribution in [-0.2, 0) is 16.0 Å². The molecule has 0 bridgehead atoms. The quantitative estimate of drug-likeness (QED) is 0.417. The molecular formula is C30H46N8O3. The molecule has 3 fully saturated rings. The molecule has 1 aromatic carbocycles. The fraction of sp³-hybridized carbons (Fsp3) is 0.600. The fourth-order valence-corrected chi connectivity index (χ4v) is 6.35. The van der Waals surface area contributed by atoms with Crippen LogP contribution in [0.4, 0.5) is 5.82 Å². The van der Waals surface area contributed by atoms with Gasteiger partial charge in [-0.05, 0) is 101 Å². The summed E-state index contributed by atoms with van der Waals surface area (Å²) in [5, 5.41) is 0. The number of carbonyl (C=O) groups excluding carboxylic acids is 2. The third-order valence-electron chi connectivity index (χ3n) is 8.69. The largest absolute Gasteiger partial charge is 0.372 e. The molecule has 2 saturated heterocycles. The number of amides is 2. The minimum absolute atomic E-state index is 0.0528. The van der Waals surface area contributed by atoms with E-state index in [1.165, 1.54) is 44.3 Å². The number of nitrogens with zero attached hydrogens (tertiary/aromatic N) is 5. The van der Waals surface area contributed by atoms with Gasteiger partial charge in [0, 0.05) is 38.4 Å². The number of carbonyl (C=O) groups is 2. The first-order chi connectivity index (χ1) is 19.5. The SMILES string of the molecule is CC(C)(N)C(=O)N1CCN(c2ccn(-c3ccc(CCCN4CCC5(CC4)CC(N)C5)cc3)c(=O)n2)CC1.NC=O. The van der Waals surface area contributed by atoms with Crippen molar-refractivity contribution in [1.82, 2.24) is 19.4 Å². The van der Waals surface area contributed by atoms with Crippen LogP contribution >= 0.6 is 0 Å². The number of piperidine rings is 1. The maximum absolute atomic E-state index is 12.8. The van der Waals surface area contributed by atoms with Crippen LogP contribution in [-0.4, -0.2) is 89.1 Å². The van der Waals surface area contributed by atoms with Gasteiger partial charge in [0.05, 0.1) is 11.2 Å². The monoisotopic (exact) mass is 566 g/mol. The number of aryl methyl sites for hydroxylation is 1. The van der Waals surface area contributed by atoms with Crippen molar-refractivity contribution in [1.29, 1.82) is 0 Å². The van der Waals surface area contributed by atoms with Crippen molar-refractivity contribution in [3.8, 4) is 5.69 Å². The van der Waals surface area contributed by atoms with E-state index in [1.54, 1.807) is 29.5 Å². The smallest absolute Gasteiger partial charge is 0.354 e. The van der Waals surface area contributed by atoms with Gasteiger partial charge in [0.15, 0.2) is 0 Å². The molecule has 3 heterocycles. The highest BCUT2D eigenvalue weighted by Gasteiger charge is 2.43. The van der Waals surface area contributed by atoms with E-state index in [0.29, 0.717) is 43.5 Å². The third-order valence-corrected chi connectivity index (χ3v) is 8.69. The van der Waals surface area contributed by atoms with Crippen LogP contribution in [0.25, 0.3) is 5.69 Å². The van der Waals surface area contributed by atoms with Crippen molar-refractivity contribution < 1.29 is 9.59 Å². The third kappa shape index (κ3) is 7.72. The van der Waals surface area contributed by atoms with Crippen molar-refractivity contribution in [2.75, 3.05) is 50.7 Å². The van der Waals surface area contributed by atoms with Crippen LogP contribution in [0, 0.1) is 5.41 Å². The van der Waals surface area contributed by atoms with Gasteiger partial charge in [0.25, 0.3) is 0 Å². The molecule has 2 aromatic rings. The molecule has 0 radical (unpaired) electrons. The average molecular weight is 567 g/mol. The number of hydrogen-bond acceptors (Lipinski definition) is 8. The van der Waals surface area contributed by atoms with Crippen LogP contribution in [0.2, 0.25) is 0 Å². The number of piperazine rings is 1. The molecule has 11 heteroatoms. The topological polar surface area (TPSA) is 157 Å². The Hall–Kier alpha value is -3.28. The normalized spacial score (nSPS) is 19.3. The number of likely N-dealkylation sites (tertiary alicyclic amines) is 1. The predicted octanol–water partition coefficient (Wildman–Crippen LogP) is 0.856. The van der Waals surface area contributed by atoms with E-state index < -0.39 is 5.54 Å². The van der Waals surface area contributed by atoms with E-state index in [2.05, 4.69) is 27.8 Å². The number of anilines is 1. The van der Waals surface area contributed by atoms with Gasteiger partial charge in [-0.15, -0.1) is 0 Å². The molecule has 1 saturated carbocycles. The Balaban J connectivity index is 0.00000124. The van der Waals surface area contributed by atoms with Gasteiger partial charge >= 0.3 is 5.69 Å². The summed E-state index contributed by atoms with van der Waals surface area (Å²) in [6.45, 7) is 9.39. The molecule has 3 aliphatic rings. The zero-order chi connectivity index (χ0) is 29.6. The first-order valence-corrected chi connectivity index (χ1v) is 14.7. The molecule has 1 aliphatic carbocycles. The Labute approximate surface area is 242 Å². The lowest BCUT2D eigenvalue weighted by Gasteiger charge is -2.51. The minimum Gasteiger partial charge on any atom is -0.372 e. The summed E-state index contributed by atoms with van der Waals surface area (Å²) in [5.41, 5.74) is 17.7.